The highest BCUT2D eigenvalue weighted by molar-refractivity contribution is 5.92. The van der Waals surface area contributed by atoms with Gasteiger partial charge in [-0.05, 0) is 11.5 Å². The molecule has 1 N–H and O–H groups in total. The zero-order chi connectivity index (χ0) is 10.1. The van der Waals surface area contributed by atoms with Gasteiger partial charge in [0.25, 0.3) is 0 Å². The predicted octanol–water partition coefficient (Wildman–Crippen LogP) is 3.05. The molecule has 3 rings (SSSR count). The van der Waals surface area contributed by atoms with Crippen LogP contribution in [0.4, 0.5) is 0 Å². The summed E-state index contributed by atoms with van der Waals surface area (Å²) in [6.45, 7) is 0. The molecule has 1 aromatic carbocycles. The first kappa shape index (κ1) is 10.6. The summed E-state index contributed by atoms with van der Waals surface area (Å²) in [5.41, 5.74) is 0.901. The first-order valence-corrected chi connectivity index (χ1v) is 4.78. The summed E-state index contributed by atoms with van der Waals surface area (Å²) in [5, 5.41) is 2.30. The largest absolute Gasteiger partial charge is 0.343 e. The predicted molar refractivity (Wildman–Crippen MR) is 66.6 cm³/mol. The van der Waals surface area contributed by atoms with Crippen molar-refractivity contribution in [1.82, 2.24) is 15.0 Å². The fourth-order valence-electron chi connectivity index (χ4n) is 1.70. The third-order valence-corrected chi connectivity index (χ3v) is 2.40. The Labute approximate surface area is 99.0 Å². The second-order valence-corrected chi connectivity index (χ2v) is 3.32. The lowest BCUT2D eigenvalue weighted by Crippen LogP contribution is -1.87. The number of nitrogens with zero attached hydrogens (tertiary/aromatic N) is 2. The van der Waals surface area contributed by atoms with Gasteiger partial charge in [-0.3, -0.25) is 4.98 Å². The Balaban J connectivity index is 0.000000963. The number of hydrogen-bond acceptors (Lipinski definition) is 2. The van der Waals surface area contributed by atoms with E-state index in [4.69, 9.17) is 0 Å². The van der Waals surface area contributed by atoms with E-state index in [-0.39, 0.29) is 12.4 Å². The maximum Gasteiger partial charge on any atom is 0.156 e. The number of halogens is 1. The standard InChI is InChI=1S/C12H9N3.ClH/c1-2-4-10-9(3-1)5-6-13-11(10)12-14-7-8-15-12;/h1-8H,(H,14,15);1H. The van der Waals surface area contributed by atoms with Gasteiger partial charge in [0.05, 0.1) is 0 Å². The molecule has 0 aliphatic carbocycles. The van der Waals surface area contributed by atoms with Crippen LogP contribution in [-0.4, -0.2) is 15.0 Å². The van der Waals surface area contributed by atoms with Gasteiger partial charge in [0, 0.05) is 24.0 Å². The molecule has 0 radical (unpaired) electrons. The molecular formula is C12H10ClN3. The second-order valence-electron chi connectivity index (χ2n) is 3.32. The third kappa shape index (κ3) is 1.66. The Morgan fingerprint density at radius 3 is 2.62 bits per heavy atom. The van der Waals surface area contributed by atoms with Gasteiger partial charge in [0.15, 0.2) is 5.82 Å². The summed E-state index contributed by atoms with van der Waals surface area (Å²) < 4.78 is 0. The van der Waals surface area contributed by atoms with Gasteiger partial charge in [-0.2, -0.15) is 0 Å². The van der Waals surface area contributed by atoms with Crippen LogP contribution >= 0.6 is 12.4 Å². The molecule has 0 aliphatic rings. The Morgan fingerprint density at radius 1 is 0.938 bits per heavy atom. The molecular weight excluding hydrogens is 222 g/mol. The maximum atomic E-state index is 4.36. The van der Waals surface area contributed by atoms with Crippen molar-refractivity contribution in [2.75, 3.05) is 0 Å². The van der Waals surface area contributed by atoms with Crippen LogP contribution in [0.25, 0.3) is 22.3 Å². The van der Waals surface area contributed by atoms with Crippen LogP contribution < -0.4 is 0 Å². The third-order valence-electron chi connectivity index (χ3n) is 2.40. The molecule has 0 bridgehead atoms. The highest BCUT2D eigenvalue weighted by Gasteiger charge is 2.05. The Kier molecular flexibility index (Phi) is 2.88. The summed E-state index contributed by atoms with van der Waals surface area (Å²) in [5.74, 6) is 0.812. The number of imidazole rings is 1. The van der Waals surface area contributed by atoms with E-state index in [0.717, 1.165) is 16.9 Å². The minimum atomic E-state index is 0. The lowest BCUT2D eigenvalue weighted by molar-refractivity contribution is 1.24. The highest BCUT2D eigenvalue weighted by Crippen LogP contribution is 2.22. The second kappa shape index (κ2) is 4.33. The normalized spacial score (nSPS) is 10.0. The topological polar surface area (TPSA) is 41.6 Å². The van der Waals surface area contributed by atoms with E-state index in [9.17, 15) is 0 Å². The molecule has 4 heteroatoms. The van der Waals surface area contributed by atoms with E-state index in [0.29, 0.717) is 0 Å². The Hall–Kier alpha value is -1.87. The molecule has 2 heterocycles. The molecule has 0 atom stereocenters. The van der Waals surface area contributed by atoms with Crippen molar-refractivity contribution >= 4 is 23.2 Å². The lowest BCUT2D eigenvalue weighted by atomic mass is 10.1. The number of H-pyrrole nitrogens is 1. The minimum Gasteiger partial charge on any atom is -0.343 e. The molecule has 3 nitrogen and oxygen atoms in total. The van der Waals surface area contributed by atoms with Crippen molar-refractivity contribution < 1.29 is 0 Å². The number of rotatable bonds is 1. The molecule has 0 amide bonds. The SMILES string of the molecule is Cl.c1ccc2c(-c3ncc[nH]3)nccc2c1. The van der Waals surface area contributed by atoms with Gasteiger partial charge < -0.3 is 4.98 Å². The molecule has 0 unspecified atom stereocenters. The van der Waals surface area contributed by atoms with Crippen molar-refractivity contribution in [2.45, 2.75) is 0 Å². The molecule has 0 saturated heterocycles. The first-order valence-electron chi connectivity index (χ1n) is 4.78. The van der Waals surface area contributed by atoms with Gasteiger partial charge in [-0.15, -0.1) is 12.4 Å². The first-order chi connectivity index (χ1) is 7.45. The molecule has 0 spiro atoms. The minimum absolute atomic E-state index is 0. The van der Waals surface area contributed by atoms with E-state index in [2.05, 4.69) is 27.1 Å². The molecule has 80 valence electrons. The fourth-order valence-corrected chi connectivity index (χ4v) is 1.70. The molecule has 0 aliphatic heterocycles. The van der Waals surface area contributed by atoms with E-state index >= 15 is 0 Å². The summed E-state index contributed by atoms with van der Waals surface area (Å²) in [4.78, 5) is 11.6. The van der Waals surface area contributed by atoms with Crippen LogP contribution in [0.15, 0.2) is 48.9 Å². The molecule has 16 heavy (non-hydrogen) atoms. The van der Waals surface area contributed by atoms with Gasteiger partial charge in [0.2, 0.25) is 0 Å². The quantitative estimate of drug-likeness (QED) is 0.700. The van der Waals surface area contributed by atoms with Crippen molar-refractivity contribution in [3.8, 4) is 11.5 Å². The summed E-state index contributed by atoms with van der Waals surface area (Å²) >= 11 is 0. The molecule has 2 aromatic heterocycles. The van der Waals surface area contributed by atoms with Gasteiger partial charge >= 0.3 is 0 Å². The summed E-state index contributed by atoms with van der Waals surface area (Å²) in [6.07, 6.45) is 5.34. The van der Waals surface area contributed by atoms with Crippen LogP contribution in [0.3, 0.4) is 0 Å². The van der Waals surface area contributed by atoms with Crippen LogP contribution in [-0.2, 0) is 0 Å². The van der Waals surface area contributed by atoms with Crippen LogP contribution in [0.1, 0.15) is 0 Å². The van der Waals surface area contributed by atoms with E-state index in [1.165, 1.54) is 5.39 Å². The van der Waals surface area contributed by atoms with Crippen molar-refractivity contribution in [3.05, 3.63) is 48.9 Å². The molecule has 3 aromatic rings. The number of nitrogens with one attached hydrogen (secondary N) is 1. The number of pyridine rings is 1. The number of aromatic nitrogens is 3. The van der Waals surface area contributed by atoms with Gasteiger partial charge in [0.1, 0.15) is 5.69 Å². The van der Waals surface area contributed by atoms with E-state index in [1.807, 2.05) is 18.2 Å². The lowest BCUT2D eigenvalue weighted by Gasteiger charge is -2.01. The van der Waals surface area contributed by atoms with Gasteiger partial charge in [-0.25, -0.2) is 4.98 Å². The van der Waals surface area contributed by atoms with Crippen LogP contribution in [0.5, 0.6) is 0 Å². The fraction of sp³-hybridized carbons (Fsp3) is 0. The van der Waals surface area contributed by atoms with E-state index < -0.39 is 0 Å². The van der Waals surface area contributed by atoms with Gasteiger partial charge in [-0.1, -0.05) is 24.3 Å². The number of fused-ring (bicyclic) bond motifs is 1. The highest BCUT2D eigenvalue weighted by atomic mass is 35.5. The van der Waals surface area contributed by atoms with Crippen molar-refractivity contribution in [3.63, 3.8) is 0 Å². The van der Waals surface area contributed by atoms with Crippen LogP contribution in [0.2, 0.25) is 0 Å². The van der Waals surface area contributed by atoms with Crippen LogP contribution in [0, 0.1) is 0 Å². The average Bonchev–Trinajstić information content (AvgIpc) is 2.82. The number of benzene rings is 1. The molecule has 0 saturated carbocycles. The molecule has 0 fully saturated rings. The summed E-state index contributed by atoms with van der Waals surface area (Å²) in [7, 11) is 0. The maximum absolute atomic E-state index is 4.36. The number of aromatic amines is 1. The average molecular weight is 232 g/mol. The van der Waals surface area contributed by atoms with Crippen molar-refractivity contribution in [2.24, 2.45) is 0 Å². The summed E-state index contributed by atoms with van der Waals surface area (Å²) in [6, 6.07) is 10.2. The monoisotopic (exact) mass is 231 g/mol. The Morgan fingerprint density at radius 2 is 1.81 bits per heavy atom. The van der Waals surface area contributed by atoms with E-state index in [1.54, 1.807) is 18.6 Å². The zero-order valence-corrected chi connectivity index (χ0v) is 9.24. The smallest absolute Gasteiger partial charge is 0.156 e. The van der Waals surface area contributed by atoms with Crippen molar-refractivity contribution in [1.29, 1.82) is 0 Å². The number of hydrogen-bond donors (Lipinski definition) is 1. The Bertz CT molecular complexity index is 585. The zero-order valence-electron chi connectivity index (χ0n) is 8.42.